The van der Waals surface area contributed by atoms with Gasteiger partial charge in [-0.2, -0.15) is 0 Å². The van der Waals surface area contributed by atoms with Crippen molar-refractivity contribution >= 4 is 52.5 Å². The second kappa shape index (κ2) is 7.53. The Labute approximate surface area is 154 Å². The van der Waals surface area contributed by atoms with Gasteiger partial charge in [-0.25, -0.2) is 4.79 Å². The molecule has 2 nitrogen and oxygen atoms in total. The number of hydrogen-bond acceptors (Lipinski definition) is 3. The van der Waals surface area contributed by atoms with Crippen LogP contribution >= 0.6 is 34.4 Å². The van der Waals surface area contributed by atoms with Crippen molar-refractivity contribution < 1.29 is 9.53 Å². The summed E-state index contributed by atoms with van der Waals surface area (Å²) in [4.78, 5) is 11.9. The van der Waals surface area contributed by atoms with Crippen LogP contribution in [-0.4, -0.2) is 23.3 Å². The second-order valence-corrected chi connectivity index (χ2v) is 7.53. The predicted molar refractivity (Wildman–Crippen MR) is 106 cm³/mol. The summed E-state index contributed by atoms with van der Waals surface area (Å²) < 4.78 is 5.98. The smallest absolute Gasteiger partial charge is 0.337 e. The van der Waals surface area contributed by atoms with Crippen molar-refractivity contribution in [2.24, 2.45) is 0 Å². The first kappa shape index (κ1) is 16.6. The lowest BCUT2D eigenvalue weighted by Gasteiger charge is -2.20. The molecule has 0 amide bonds. The maximum Gasteiger partial charge on any atom is 0.337 e. The van der Waals surface area contributed by atoms with Crippen molar-refractivity contribution in [1.82, 2.24) is 0 Å². The predicted octanol–water partition coefficient (Wildman–Crippen LogP) is 5.21. The molecule has 0 bridgehead atoms. The molecule has 0 aromatic heterocycles. The summed E-state index contributed by atoms with van der Waals surface area (Å²) in [5.74, 6) is 0.786. The summed E-state index contributed by atoms with van der Waals surface area (Å²) in [6, 6.07) is 14.3. The Hall–Kier alpha value is -1.27. The average molecular weight is 436 g/mol. The van der Waals surface area contributed by atoms with Gasteiger partial charge in [-0.15, -0.1) is 11.8 Å². The summed E-state index contributed by atoms with van der Waals surface area (Å²) in [7, 11) is 1.42. The van der Waals surface area contributed by atoms with Gasteiger partial charge in [0.1, 0.15) is 0 Å². The van der Waals surface area contributed by atoms with E-state index < -0.39 is 0 Å². The van der Waals surface area contributed by atoms with E-state index in [1.807, 2.05) is 30.0 Å². The quantitative estimate of drug-likeness (QED) is 0.374. The number of methoxy groups -OCH3 is 1. The second-order valence-electron chi connectivity index (χ2n) is 5.24. The highest BCUT2D eigenvalue weighted by Crippen LogP contribution is 2.42. The number of carbonyl (C=O) groups excluding carboxylic acids is 1. The maximum atomic E-state index is 11.9. The van der Waals surface area contributed by atoms with Gasteiger partial charge in [0.05, 0.1) is 17.9 Å². The number of rotatable bonds is 4. The molecule has 0 saturated heterocycles. The number of thioether (sulfide) groups is 1. The van der Waals surface area contributed by atoms with Gasteiger partial charge in [-0.1, -0.05) is 65.1 Å². The molecule has 2 aromatic carbocycles. The number of esters is 1. The Bertz CT molecular complexity index is 755. The molecule has 0 fully saturated rings. The molecule has 1 aliphatic rings. The maximum absolute atomic E-state index is 11.9. The van der Waals surface area contributed by atoms with E-state index in [2.05, 4.69) is 59.0 Å². The van der Waals surface area contributed by atoms with E-state index in [9.17, 15) is 4.79 Å². The van der Waals surface area contributed by atoms with Crippen LogP contribution in [0.1, 0.15) is 37.9 Å². The van der Waals surface area contributed by atoms with Crippen LogP contribution in [0, 0.1) is 0 Å². The Morgan fingerprint density at radius 3 is 2.61 bits per heavy atom. The highest BCUT2D eigenvalue weighted by molar-refractivity contribution is 14.1. The van der Waals surface area contributed by atoms with Crippen molar-refractivity contribution in [2.75, 3.05) is 17.3 Å². The molecule has 0 heterocycles. The van der Waals surface area contributed by atoms with Crippen LogP contribution in [0.3, 0.4) is 0 Å². The van der Waals surface area contributed by atoms with E-state index in [1.165, 1.54) is 29.4 Å². The zero-order valence-electron chi connectivity index (χ0n) is 12.8. The molecular formula is C19H17IO2S. The minimum atomic E-state index is -0.285. The van der Waals surface area contributed by atoms with Gasteiger partial charge in [-0.3, -0.25) is 0 Å². The van der Waals surface area contributed by atoms with Crippen LogP contribution in [0.25, 0.3) is 12.2 Å². The summed E-state index contributed by atoms with van der Waals surface area (Å²) >= 11 is 4.33. The lowest BCUT2D eigenvalue weighted by atomic mass is 9.97. The van der Waals surface area contributed by atoms with Gasteiger partial charge in [0.15, 0.2) is 0 Å². The van der Waals surface area contributed by atoms with Gasteiger partial charge in [0.25, 0.3) is 0 Å². The van der Waals surface area contributed by atoms with Crippen molar-refractivity contribution in [2.45, 2.75) is 5.25 Å². The summed E-state index contributed by atoms with van der Waals surface area (Å²) in [6.07, 6.45) is 4.30. The normalized spacial score (nSPS) is 15.5. The van der Waals surface area contributed by atoms with Gasteiger partial charge in [0.2, 0.25) is 0 Å². The molecule has 23 heavy (non-hydrogen) atoms. The molecule has 1 atom stereocenters. The average Bonchev–Trinajstić information content (AvgIpc) is 2.75. The number of hydrogen-bond donors (Lipinski definition) is 0. The molecular weight excluding hydrogens is 419 g/mol. The van der Waals surface area contributed by atoms with Gasteiger partial charge < -0.3 is 4.74 Å². The molecule has 0 N–H and O–H groups in total. The SMILES string of the molecule is COC(=O)c1ccc2c(c1)C(SCCI)c1ccccc1C=C2. The van der Waals surface area contributed by atoms with Gasteiger partial charge in [0, 0.05) is 10.2 Å². The molecule has 0 aliphatic heterocycles. The summed E-state index contributed by atoms with van der Waals surface area (Å²) in [6.45, 7) is 0. The summed E-state index contributed by atoms with van der Waals surface area (Å²) in [5.41, 5.74) is 5.51. The van der Waals surface area contributed by atoms with Crippen LogP contribution in [0.15, 0.2) is 42.5 Å². The first-order valence-electron chi connectivity index (χ1n) is 7.41. The molecule has 118 valence electrons. The van der Waals surface area contributed by atoms with Crippen molar-refractivity contribution in [3.05, 3.63) is 70.3 Å². The fraction of sp³-hybridized carbons (Fsp3) is 0.211. The third kappa shape index (κ3) is 3.48. The Kier molecular flexibility index (Phi) is 5.43. The first-order chi connectivity index (χ1) is 11.2. The standard InChI is InChI=1S/C19H17IO2S/c1-22-19(21)15-9-8-14-7-6-13-4-2-3-5-16(13)18(17(14)12-15)23-11-10-20/h2-9,12,18H,10-11H2,1H3. The van der Waals surface area contributed by atoms with Crippen molar-refractivity contribution in [3.8, 4) is 0 Å². The number of carbonyl (C=O) groups is 1. The van der Waals surface area contributed by atoms with E-state index in [0.29, 0.717) is 5.56 Å². The fourth-order valence-electron chi connectivity index (χ4n) is 2.79. The number of alkyl halides is 1. The molecule has 2 aromatic rings. The van der Waals surface area contributed by atoms with E-state index in [1.54, 1.807) is 0 Å². The van der Waals surface area contributed by atoms with Gasteiger partial charge in [-0.05, 0) is 34.4 Å². The molecule has 0 radical (unpaired) electrons. The van der Waals surface area contributed by atoms with Crippen molar-refractivity contribution in [3.63, 3.8) is 0 Å². The van der Waals surface area contributed by atoms with E-state index in [0.717, 1.165) is 10.2 Å². The molecule has 1 unspecified atom stereocenters. The van der Waals surface area contributed by atoms with E-state index in [4.69, 9.17) is 4.74 Å². The molecule has 0 spiro atoms. The first-order valence-corrected chi connectivity index (χ1v) is 9.99. The van der Waals surface area contributed by atoms with E-state index >= 15 is 0 Å². The lowest BCUT2D eigenvalue weighted by Crippen LogP contribution is -2.06. The minimum Gasteiger partial charge on any atom is -0.465 e. The van der Waals surface area contributed by atoms with E-state index in [-0.39, 0.29) is 11.2 Å². The molecule has 4 heteroatoms. The number of ether oxygens (including phenoxy) is 1. The van der Waals surface area contributed by atoms with Crippen LogP contribution < -0.4 is 0 Å². The molecule has 0 saturated carbocycles. The summed E-state index contributed by atoms with van der Waals surface area (Å²) in [5, 5.41) is 0.232. The highest BCUT2D eigenvalue weighted by Gasteiger charge is 2.23. The Balaban J connectivity index is 2.13. The number of halogens is 1. The van der Waals surface area contributed by atoms with Crippen LogP contribution in [0.4, 0.5) is 0 Å². The lowest BCUT2D eigenvalue weighted by molar-refractivity contribution is 0.0600. The molecule has 3 rings (SSSR count). The number of benzene rings is 2. The Morgan fingerprint density at radius 1 is 1.13 bits per heavy atom. The van der Waals surface area contributed by atoms with Gasteiger partial charge >= 0.3 is 5.97 Å². The monoisotopic (exact) mass is 436 g/mol. The fourth-order valence-corrected chi connectivity index (χ4v) is 4.65. The minimum absolute atomic E-state index is 0.232. The van der Waals surface area contributed by atoms with Crippen molar-refractivity contribution in [1.29, 1.82) is 0 Å². The van der Waals surface area contributed by atoms with Crippen LogP contribution in [0.5, 0.6) is 0 Å². The number of fused-ring (bicyclic) bond motifs is 2. The zero-order chi connectivity index (χ0) is 16.2. The third-order valence-electron chi connectivity index (χ3n) is 3.87. The molecule has 1 aliphatic carbocycles. The highest BCUT2D eigenvalue weighted by atomic mass is 127. The Morgan fingerprint density at radius 2 is 1.87 bits per heavy atom. The third-order valence-corrected chi connectivity index (χ3v) is 6.43. The zero-order valence-corrected chi connectivity index (χ0v) is 15.8. The topological polar surface area (TPSA) is 26.3 Å². The van der Waals surface area contributed by atoms with Crippen LogP contribution in [-0.2, 0) is 4.74 Å². The van der Waals surface area contributed by atoms with Crippen LogP contribution in [0.2, 0.25) is 0 Å². The largest absolute Gasteiger partial charge is 0.465 e.